The minimum Gasteiger partial charge on any atom is -0.464 e. The molecule has 1 aromatic carbocycles. The summed E-state index contributed by atoms with van der Waals surface area (Å²) in [6.07, 6.45) is 3.37. The Kier molecular flexibility index (Phi) is 3.83. The Morgan fingerprint density at radius 3 is 3.00 bits per heavy atom. The van der Waals surface area contributed by atoms with Crippen molar-refractivity contribution in [2.45, 2.75) is 18.9 Å². The number of halogens is 1. The Labute approximate surface area is 143 Å². The number of aromatic nitrogens is 3. The summed E-state index contributed by atoms with van der Waals surface area (Å²) in [7, 11) is 1.33. The highest BCUT2D eigenvalue weighted by Crippen LogP contribution is 2.35. The summed E-state index contributed by atoms with van der Waals surface area (Å²) < 4.78 is 19.9. The lowest BCUT2D eigenvalue weighted by Gasteiger charge is -2.26. The first-order valence-corrected chi connectivity index (χ1v) is 8.12. The quantitative estimate of drug-likeness (QED) is 0.686. The summed E-state index contributed by atoms with van der Waals surface area (Å²) in [6, 6.07) is 10.4. The number of nitrogens with zero attached hydrogens (tertiary/aromatic N) is 4. The van der Waals surface area contributed by atoms with Crippen LogP contribution in [-0.2, 0) is 4.74 Å². The number of hydrogen-bond donors (Lipinski definition) is 0. The minimum absolute atomic E-state index is 0.0609. The van der Waals surface area contributed by atoms with Gasteiger partial charge in [0.25, 0.3) is 0 Å². The van der Waals surface area contributed by atoms with E-state index in [0.29, 0.717) is 5.65 Å². The van der Waals surface area contributed by atoms with Gasteiger partial charge < -0.3 is 9.64 Å². The molecule has 0 spiro atoms. The van der Waals surface area contributed by atoms with Gasteiger partial charge in [0.15, 0.2) is 11.3 Å². The van der Waals surface area contributed by atoms with Gasteiger partial charge in [-0.25, -0.2) is 18.7 Å². The van der Waals surface area contributed by atoms with Crippen molar-refractivity contribution in [3.63, 3.8) is 0 Å². The number of benzene rings is 1. The molecule has 7 heteroatoms. The molecule has 4 rings (SSSR count). The van der Waals surface area contributed by atoms with E-state index >= 15 is 0 Å². The van der Waals surface area contributed by atoms with Gasteiger partial charge in [-0.15, -0.1) is 5.10 Å². The Balaban J connectivity index is 1.74. The summed E-state index contributed by atoms with van der Waals surface area (Å²) >= 11 is 0. The van der Waals surface area contributed by atoms with Crippen LogP contribution >= 0.6 is 0 Å². The van der Waals surface area contributed by atoms with Crippen molar-refractivity contribution in [3.05, 3.63) is 59.7 Å². The summed E-state index contributed by atoms with van der Waals surface area (Å²) in [5.74, 6) is -0.00184. The number of rotatable bonds is 3. The maximum atomic E-state index is 13.6. The molecule has 2 aromatic heterocycles. The van der Waals surface area contributed by atoms with Gasteiger partial charge in [0.05, 0.1) is 19.3 Å². The zero-order valence-electron chi connectivity index (χ0n) is 13.7. The molecule has 3 heterocycles. The molecule has 0 radical (unpaired) electrons. The van der Waals surface area contributed by atoms with E-state index in [9.17, 15) is 9.18 Å². The highest BCUT2D eigenvalue weighted by atomic mass is 19.1. The Morgan fingerprint density at radius 2 is 2.20 bits per heavy atom. The third kappa shape index (κ3) is 2.71. The van der Waals surface area contributed by atoms with Crippen LogP contribution in [0.3, 0.4) is 0 Å². The van der Waals surface area contributed by atoms with E-state index < -0.39 is 5.97 Å². The summed E-state index contributed by atoms with van der Waals surface area (Å²) in [5.41, 5.74) is 1.78. The lowest BCUT2D eigenvalue weighted by molar-refractivity contribution is 0.0591. The first-order valence-electron chi connectivity index (χ1n) is 8.12. The van der Waals surface area contributed by atoms with Gasteiger partial charge in [0.2, 0.25) is 0 Å². The molecular weight excluding hydrogens is 323 g/mol. The summed E-state index contributed by atoms with van der Waals surface area (Å²) in [4.78, 5) is 18.2. The Bertz CT molecular complexity index is 940. The fourth-order valence-electron chi connectivity index (χ4n) is 3.36. The number of methoxy groups -OCH3 is 1. The molecule has 0 N–H and O–H groups in total. The van der Waals surface area contributed by atoms with E-state index in [4.69, 9.17) is 4.74 Å². The van der Waals surface area contributed by atoms with Gasteiger partial charge in [-0.3, -0.25) is 0 Å². The number of anilines is 1. The van der Waals surface area contributed by atoms with E-state index in [0.717, 1.165) is 30.8 Å². The number of carbonyl (C=O) groups excluding carboxylic acids is 1. The fourth-order valence-corrected chi connectivity index (χ4v) is 3.36. The number of ether oxygens (including phenoxy) is 1. The van der Waals surface area contributed by atoms with Gasteiger partial charge >= 0.3 is 5.97 Å². The third-order valence-electron chi connectivity index (χ3n) is 4.52. The van der Waals surface area contributed by atoms with Crippen LogP contribution in [0.15, 0.2) is 42.6 Å². The first-order chi connectivity index (χ1) is 12.2. The van der Waals surface area contributed by atoms with E-state index in [2.05, 4.69) is 15.0 Å². The third-order valence-corrected chi connectivity index (χ3v) is 4.52. The van der Waals surface area contributed by atoms with Crippen molar-refractivity contribution in [1.29, 1.82) is 0 Å². The number of hydrogen-bond acceptors (Lipinski definition) is 5. The van der Waals surface area contributed by atoms with Crippen molar-refractivity contribution >= 4 is 17.4 Å². The predicted octanol–water partition coefficient (Wildman–Crippen LogP) is 3.00. The molecule has 1 aliphatic heterocycles. The second-order valence-electron chi connectivity index (χ2n) is 6.00. The van der Waals surface area contributed by atoms with Crippen LogP contribution < -0.4 is 4.90 Å². The molecule has 1 atom stereocenters. The van der Waals surface area contributed by atoms with E-state index in [1.165, 1.54) is 23.9 Å². The molecule has 6 nitrogen and oxygen atoms in total. The molecular formula is C18H17FN4O2. The maximum absolute atomic E-state index is 13.6. The van der Waals surface area contributed by atoms with Crippen LogP contribution in [0.5, 0.6) is 0 Å². The molecule has 0 unspecified atom stereocenters. The molecule has 0 saturated carbocycles. The van der Waals surface area contributed by atoms with Gasteiger partial charge in [0, 0.05) is 6.54 Å². The molecule has 0 amide bonds. The molecule has 3 aromatic rings. The van der Waals surface area contributed by atoms with Crippen LogP contribution in [-0.4, -0.2) is 34.2 Å². The SMILES string of the molecule is COC(=O)c1cnc2ccc(N3CCC[C@@H]3c3cccc(F)c3)nn12. The van der Waals surface area contributed by atoms with Crippen LogP contribution in [0, 0.1) is 5.82 Å². The monoisotopic (exact) mass is 340 g/mol. The van der Waals surface area contributed by atoms with Crippen LogP contribution in [0.1, 0.15) is 34.9 Å². The largest absolute Gasteiger partial charge is 0.464 e. The lowest BCUT2D eigenvalue weighted by atomic mass is 10.0. The van der Waals surface area contributed by atoms with Crippen molar-refractivity contribution < 1.29 is 13.9 Å². The second kappa shape index (κ2) is 6.16. The average molecular weight is 340 g/mol. The normalized spacial score (nSPS) is 17.2. The Morgan fingerprint density at radius 1 is 1.32 bits per heavy atom. The molecule has 1 fully saturated rings. The number of fused-ring (bicyclic) bond motifs is 1. The highest BCUT2D eigenvalue weighted by Gasteiger charge is 2.28. The van der Waals surface area contributed by atoms with Gasteiger partial charge in [-0.2, -0.15) is 0 Å². The molecule has 25 heavy (non-hydrogen) atoms. The highest BCUT2D eigenvalue weighted by molar-refractivity contribution is 5.88. The number of esters is 1. The molecule has 128 valence electrons. The zero-order valence-corrected chi connectivity index (χ0v) is 13.7. The van der Waals surface area contributed by atoms with Crippen molar-refractivity contribution in [2.24, 2.45) is 0 Å². The fraction of sp³-hybridized carbons (Fsp3) is 0.278. The van der Waals surface area contributed by atoms with Gasteiger partial charge in [0.1, 0.15) is 11.6 Å². The minimum atomic E-state index is -0.486. The number of imidazole rings is 1. The average Bonchev–Trinajstić information content (AvgIpc) is 3.27. The van der Waals surface area contributed by atoms with Crippen LogP contribution in [0.25, 0.3) is 5.65 Å². The summed E-state index contributed by atoms with van der Waals surface area (Å²) in [6.45, 7) is 0.821. The molecule has 1 aliphatic rings. The van der Waals surface area contributed by atoms with Crippen LogP contribution in [0.4, 0.5) is 10.2 Å². The van der Waals surface area contributed by atoms with Gasteiger partial charge in [-0.1, -0.05) is 12.1 Å². The smallest absolute Gasteiger partial charge is 0.358 e. The first kappa shape index (κ1) is 15.6. The van der Waals surface area contributed by atoms with E-state index in [1.807, 2.05) is 18.2 Å². The zero-order chi connectivity index (χ0) is 17.4. The van der Waals surface area contributed by atoms with E-state index in [1.54, 1.807) is 12.1 Å². The van der Waals surface area contributed by atoms with E-state index in [-0.39, 0.29) is 17.6 Å². The molecule has 1 saturated heterocycles. The topological polar surface area (TPSA) is 59.7 Å². The molecule has 0 bridgehead atoms. The Hall–Kier alpha value is -2.96. The molecule has 0 aliphatic carbocycles. The second-order valence-corrected chi connectivity index (χ2v) is 6.00. The van der Waals surface area contributed by atoms with Crippen molar-refractivity contribution in [3.8, 4) is 0 Å². The summed E-state index contributed by atoms with van der Waals surface area (Å²) in [5, 5.41) is 4.57. The van der Waals surface area contributed by atoms with Crippen molar-refractivity contribution in [1.82, 2.24) is 14.6 Å². The van der Waals surface area contributed by atoms with Crippen molar-refractivity contribution in [2.75, 3.05) is 18.6 Å². The lowest BCUT2D eigenvalue weighted by Crippen LogP contribution is -2.24. The predicted molar refractivity (Wildman–Crippen MR) is 90.0 cm³/mol. The standard InChI is InChI=1S/C18H17FN4O2/c1-25-18(24)15-11-20-16-7-8-17(21-23(15)16)22-9-3-6-14(22)12-4-2-5-13(19)10-12/h2,4-5,7-8,10-11,14H,3,6,9H2,1H3/t14-/m1/s1. The number of carbonyl (C=O) groups is 1. The maximum Gasteiger partial charge on any atom is 0.358 e. The van der Waals surface area contributed by atoms with Crippen LogP contribution in [0.2, 0.25) is 0 Å². The van der Waals surface area contributed by atoms with Gasteiger partial charge in [-0.05, 0) is 42.7 Å².